The van der Waals surface area contributed by atoms with E-state index in [-0.39, 0.29) is 0 Å². The van der Waals surface area contributed by atoms with Gasteiger partial charge in [0.05, 0.1) is 52.6 Å². The van der Waals surface area contributed by atoms with E-state index in [0.717, 1.165) is 64.7 Å². The van der Waals surface area contributed by atoms with E-state index < -0.39 is 0 Å². The van der Waals surface area contributed by atoms with Crippen LogP contribution in [-0.4, -0.2) is 110 Å². The molecule has 0 N–H and O–H groups in total. The van der Waals surface area contributed by atoms with Gasteiger partial charge in [-0.15, -0.1) is 0 Å². The van der Waals surface area contributed by atoms with Crippen LogP contribution < -0.4 is 22.0 Å². The van der Waals surface area contributed by atoms with Gasteiger partial charge >= 0.3 is 0 Å². The predicted molar refractivity (Wildman–Crippen MR) is 204 cm³/mol. The summed E-state index contributed by atoms with van der Waals surface area (Å²) in [7, 11) is 8.01. The lowest BCUT2D eigenvalue weighted by atomic mass is 10.0. The molecule has 2 aromatic heterocycles. The number of piperidine rings is 1. The van der Waals surface area contributed by atoms with E-state index in [4.69, 9.17) is 19.7 Å². The lowest BCUT2D eigenvalue weighted by molar-refractivity contribution is 0.0982. The SMILES string of the molecule is CCc1cnc(N(C)c2ccc(N3CCC(N4CCN(C)CC4)CC3)cc2OC)nc1N(I)c1ccc2nccnc2c1N(C)SC. The molecule has 250 valence electrons. The Morgan fingerprint density at radius 3 is 2.38 bits per heavy atom. The summed E-state index contributed by atoms with van der Waals surface area (Å²) in [4.78, 5) is 28.8. The Kier molecular flexibility index (Phi) is 10.7. The second kappa shape index (κ2) is 15.0. The first-order valence-electron chi connectivity index (χ1n) is 16.3. The van der Waals surface area contributed by atoms with Gasteiger partial charge in [0.1, 0.15) is 11.3 Å². The summed E-state index contributed by atoms with van der Waals surface area (Å²) in [5.41, 5.74) is 6.83. The smallest absolute Gasteiger partial charge is 0.231 e. The molecule has 0 bridgehead atoms. The van der Waals surface area contributed by atoms with Crippen molar-refractivity contribution in [1.29, 1.82) is 0 Å². The molecule has 0 spiro atoms. The highest BCUT2D eigenvalue weighted by molar-refractivity contribution is 14.1. The molecule has 0 atom stereocenters. The maximum absolute atomic E-state index is 5.96. The predicted octanol–water partition coefficient (Wildman–Crippen LogP) is 6.18. The van der Waals surface area contributed by atoms with Gasteiger partial charge in [-0.05, 0) is 50.6 Å². The third kappa shape index (κ3) is 7.03. The number of methoxy groups -OCH3 is 1. The Morgan fingerprint density at radius 2 is 1.68 bits per heavy atom. The van der Waals surface area contributed by atoms with Crippen LogP contribution in [0.1, 0.15) is 25.3 Å². The van der Waals surface area contributed by atoms with Crippen molar-refractivity contribution in [1.82, 2.24) is 29.7 Å². The van der Waals surface area contributed by atoms with Crippen molar-refractivity contribution in [3.05, 3.63) is 54.5 Å². The Balaban J connectivity index is 1.25. The number of aromatic nitrogens is 4. The molecule has 2 aliphatic rings. The van der Waals surface area contributed by atoms with E-state index >= 15 is 0 Å². The molecule has 0 saturated carbocycles. The average Bonchev–Trinajstić information content (AvgIpc) is 3.13. The topological polar surface area (TPSA) is 80.2 Å². The molecule has 0 aliphatic carbocycles. The van der Waals surface area contributed by atoms with Crippen LogP contribution in [0.25, 0.3) is 11.0 Å². The largest absolute Gasteiger partial charge is 0.494 e. The van der Waals surface area contributed by atoms with Crippen LogP contribution in [0.4, 0.5) is 34.5 Å². The van der Waals surface area contributed by atoms with E-state index in [1.54, 1.807) is 31.5 Å². The van der Waals surface area contributed by atoms with Crippen molar-refractivity contribution >= 4 is 80.4 Å². The van der Waals surface area contributed by atoms with Crippen LogP contribution in [0.15, 0.2) is 48.9 Å². The van der Waals surface area contributed by atoms with Crippen LogP contribution in [0, 0.1) is 0 Å². The highest BCUT2D eigenvalue weighted by Gasteiger charge is 2.28. The number of fused-ring (bicyclic) bond motifs is 1. The van der Waals surface area contributed by atoms with Crippen molar-refractivity contribution < 1.29 is 4.74 Å². The van der Waals surface area contributed by atoms with Gasteiger partial charge in [-0.1, -0.05) is 18.9 Å². The molecular formula is C34H45IN10OS. The number of nitrogens with zero attached hydrogens (tertiary/aromatic N) is 10. The van der Waals surface area contributed by atoms with Gasteiger partial charge in [-0.3, -0.25) is 18.0 Å². The number of hydrogen-bond acceptors (Lipinski definition) is 12. The van der Waals surface area contributed by atoms with Crippen molar-refractivity contribution in [3.8, 4) is 5.75 Å². The third-order valence-corrected chi connectivity index (χ3v) is 11.2. The van der Waals surface area contributed by atoms with Crippen molar-refractivity contribution in [2.24, 2.45) is 0 Å². The highest BCUT2D eigenvalue weighted by atomic mass is 127. The molecule has 4 heterocycles. The zero-order valence-corrected chi connectivity index (χ0v) is 31.2. The van der Waals surface area contributed by atoms with Gasteiger partial charge in [-0.2, -0.15) is 4.98 Å². The molecule has 2 aromatic carbocycles. The summed E-state index contributed by atoms with van der Waals surface area (Å²) in [6.07, 6.45) is 10.6. The molecule has 4 aromatic rings. The number of likely N-dealkylation sites (N-methyl/N-ethyl adjacent to an activating group) is 1. The molecule has 2 aliphatic heterocycles. The number of ether oxygens (including phenoxy) is 1. The van der Waals surface area contributed by atoms with E-state index in [1.807, 2.05) is 31.3 Å². The quantitative estimate of drug-likeness (QED) is 0.105. The minimum atomic E-state index is 0.596. The summed E-state index contributed by atoms with van der Waals surface area (Å²) in [5.74, 6) is 2.24. The van der Waals surface area contributed by atoms with E-state index in [9.17, 15) is 0 Å². The summed E-state index contributed by atoms with van der Waals surface area (Å²) >= 11 is 3.98. The fourth-order valence-electron chi connectivity index (χ4n) is 6.58. The second-order valence-electron chi connectivity index (χ2n) is 12.2. The van der Waals surface area contributed by atoms with Crippen molar-refractivity contribution in [2.45, 2.75) is 32.2 Å². The standard InChI is InChI=1S/C34H45IN10OS/c1-7-24-23-38-34(39-33(24)45(35)29-11-9-27-31(37-15-14-36-27)32(29)42(4)47-6)41(3)28-10-8-26(22-30(28)46-5)43-16-12-25(13-17-43)44-20-18-40(2)19-21-44/h8-11,14-15,22-23,25H,7,12-13,16-21H2,1-6H3. The van der Waals surface area contributed by atoms with Gasteiger partial charge in [0, 0.05) is 102 Å². The van der Waals surface area contributed by atoms with E-state index in [0.29, 0.717) is 12.0 Å². The molecule has 0 amide bonds. The molecule has 2 fully saturated rings. The van der Waals surface area contributed by atoms with Gasteiger partial charge in [0.25, 0.3) is 0 Å². The first-order valence-corrected chi connectivity index (χ1v) is 18.4. The second-order valence-corrected chi connectivity index (χ2v) is 14.0. The average molecular weight is 769 g/mol. The van der Waals surface area contributed by atoms with Crippen LogP contribution in [0.5, 0.6) is 5.75 Å². The van der Waals surface area contributed by atoms with Crippen LogP contribution in [0.3, 0.4) is 0 Å². The van der Waals surface area contributed by atoms with Crippen LogP contribution in [0.2, 0.25) is 0 Å². The Labute approximate surface area is 296 Å². The zero-order valence-electron chi connectivity index (χ0n) is 28.2. The van der Waals surface area contributed by atoms with Crippen molar-refractivity contribution in [2.75, 3.05) is 91.0 Å². The third-order valence-electron chi connectivity index (χ3n) is 9.50. The molecule has 2 saturated heterocycles. The highest BCUT2D eigenvalue weighted by Crippen LogP contribution is 2.43. The molecule has 11 nitrogen and oxygen atoms in total. The van der Waals surface area contributed by atoms with Crippen molar-refractivity contribution in [3.63, 3.8) is 0 Å². The zero-order chi connectivity index (χ0) is 33.1. The normalized spacial score (nSPS) is 16.4. The summed E-state index contributed by atoms with van der Waals surface area (Å²) in [6, 6.07) is 11.3. The van der Waals surface area contributed by atoms with Gasteiger partial charge < -0.3 is 23.7 Å². The maximum atomic E-state index is 5.96. The Morgan fingerprint density at radius 1 is 0.957 bits per heavy atom. The molecule has 0 unspecified atom stereocenters. The molecule has 0 radical (unpaired) electrons. The van der Waals surface area contributed by atoms with E-state index in [1.165, 1.54) is 44.7 Å². The maximum Gasteiger partial charge on any atom is 0.231 e. The number of aryl methyl sites for hydroxylation is 1. The fourth-order valence-corrected chi connectivity index (χ4v) is 7.75. The number of anilines is 6. The first-order chi connectivity index (χ1) is 22.8. The number of rotatable bonds is 10. The summed E-state index contributed by atoms with van der Waals surface area (Å²) in [5, 5.41) is 0. The number of halogens is 1. The number of benzene rings is 2. The Bertz CT molecular complexity index is 1680. The Hall–Kier alpha value is -3.14. The molecule has 47 heavy (non-hydrogen) atoms. The first kappa shape index (κ1) is 33.7. The summed E-state index contributed by atoms with van der Waals surface area (Å²) in [6.45, 7) is 8.95. The van der Waals surface area contributed by atoms with E-state index in [2.05, 4.69) is 94.5 Å². The van der Waals surface area contributed by atoms with Crippen LogP contribution in [-0.2, 0) is 6.42 Å². The molecule has 13 heteroatoms. The lowest BCUT2D eigenvalue weighted by Gasteiger charge is -2.42. The van der Waals surface area contributed by atoms with Gasteiger partial charge in [-0.25, -0.2) is 4.98 Å². The minimum absolute atomic E-state index is 0.596. The summed E-state index contributed by atoms with van der Waals surface area (Å²) < 4.78 is 10.2. The minimum Gasteiger partial charge on any atom is -0.494 e. The lowest BCUT2D eigenvalue weighted by Crippen LogP contribution is -2.52. The van der Waals surface area contributed by atoms with Crippen LogP contribution >= 0.6 is 34.8 Å². The monoisotopic (exact) mass is 768 g/mol. The number of piperazine rings is 1. The van der Waals surface area contributed by atoms with Gasteiger partial charge in [0.15, 0.2) is 5.82 Å². The molecule has 6 rings (SSSR count). The van der Waals surface area contributed by atoms with Gasteiger partial charge in [0.2, 0.25) is 5.95 Å². The molecular weight excluding hydrogens is 723 g/mol. The fraction of sp³-hybridized carbons (Fsp3) is 0.471. The number of hydrogen-bond donors (Lipinski definition) is 0.